The van der Waals surface area contributed by atoms with E-state index in [0.717, 1.165) is 6.92 Å². The van der Waals surface area contributed by atoms with Gasteiger partial charge in [-0.3, -0.25) is 0 Å². The summed E-state index contributed by atoms with van der Waals surface area (Å²) in [6, 6.07) is 5.96. The quantitative estimate of drug-likeness (QED) is 0.856. The number of aliphatic hydroxyl groups excluding tert-OH is 1. The van der Waals surface area contributed by atoms with Gasteiger partial charge >= 0.3 is 0 Å². The van der Waals surface area contributed by atoms with E-state index in [0.29, 0.717) is 4.47 Å². The molecule has 0 heterocycles. The van der Waals surface area contributed by atoms with Gasteiger partial charge in [0, 0.05) is 10.0 Å². The van der Waals surface area contributed by atoms with E-state index in [1.165, 1.54) is 18.2 Å². The number of rotatable bonds is 2. The topological polar surface area (TPSA) is 20.2 Å². The van der Waals surface area contributed by atoms with Crippen LogP contribution in [0.25, 0.3) is 0 Å². The van der Waals surface area contributed by atoms with E-state index in [-0.39, 0.29) is 5.56 Å². The molecule has 0 spiro atoms. The molecule has 0 amide bonds. The molecule has 0 aliphatic heterocycles. The first-order valence-corrected chi connectivity index (χ1v) is 4.56. The van der Waals surface area contributed by atoms with Crippen molar-refractivity contribution in [2.75, 3.05) is 0 Å². The fraction of sp³-hybridized carbons (Fsp3) is 0.333. The molecule has 0 bridgehead atoms. The average molecular weight is 251 g/mol. The molecule has 4 heteroatoms. The first-order valence-electron chi connectivity index (χ1n) is 3.77. The van der Waals surface area contributed by atoms with E-state index in [1.54, 1.807) is 6.07 Å². The van der Waals surface area contributed by atoms with E-state index >= 15 is 0 Å². The molecule has 0 aliphatic carbocycles. The smallest absolute Gasteiger partial charge is 0.299 e. The molecule has 1 aromatic rings. The molecule has 0 saturated carbocycles. The lowest BCUT2D eigenvalue weighted by molar-refractivity contribution is -0.106. The van der Waals surface area contributed by atoms with Crippen molar-refractivity contribution >= 4 is 15.9 Å². The highest BCUT2D eigenvalue weighted by atomic mass is 79.9. The van der Waals surface area contributed by atoms with Crippen LogP contribution in [0.15, 0.2) is 28.7 Å². The lowest BCUT2D eigenvalue weighted by atomic mass is 10.0. The lowest BCUT2D eigenvalue weighted by Crippen LogP contribution is -2.28. The summed E-state index contributed by atoms with van der Waals surface area (Å²) in [5.41, 5.74) is -0.190. The van der Waals surface area contributed by atoms with Crippen LogP contribution in [0.4, 0.5) is 8.78 Å². The summed E-state index contributed by atoms with van der Waals surface area (Å²) < 4.78 is 26.8. The lowest BCUT2D eigenvalue weighted by Gasteiger charge is -2.20. The van der Waals surface area contributed by atoms with E-state index in [1.807, 2.05) is 0 Å². The molecular formula is C9H9BrF2O. The molecule has 1 aromatic carbocycles. The Hall–Kier alpha value is -0.480. The Balaban J connectivity index is 3.14. The molecule has 0 aromatic heterocycles. The highest BCUT2D eigenvalue weighted by Crippen LogP contribution is 2.35. The minimum Gasteiger partial charge on any atom is -0.387 e. The number of hydrogen-bond acceptors (Lipinski definition) is 1. The molecular weight excluding hydrogens is 242 g/mol. The molecule has 0 aliphatic rings. The second-order valence-electron chi connectivity index (χ2n) is 2.78. The third kappa shape index (κ3) is 2.06. The second-order valence-corrected chi connectivity index (χ2v) is 3.63. The number of alkyl halides is 2. The molecule has 0 radical (unpaired) electrons. The van der Waals surface area contributed by atoms with E-state index in [4.69, 9.17) is 5.11 Å². The number of halogens is 3. The number of benzene rings is 1. The molecule has 0 saturated heterocycles. The fourth-order valence-corrected chi connectivity index (χ4v) is 1.51. The predicted molar refractivity (Wildman–Crippen MR) is 49.7 cm³/mol. The van der Waals surface area contributed by atoms with Crippen molar-refractivity contribution in [3.05, 3.63) is 34.3 Å². The predicted octanol–water partition coefficient (Wildman–Crippen LogP) is 2.92. The third-order valence-corrected chi connectivity index (χ3v) is 2.45. The van der Waals surface area contributed by atoms with E-state index in [9.17, 15) is 8.78 Å². The Morgan fingerprint density at radius 1 is 1.38 bits per heavy atom. The van der Waals surface area contributed by atoms with Crippen LogP contribution in [0.2, 0.25) is 0 Å². The summed E-state index contributed by atoms with van der Waals surface area (Å²) in [7, 11) is 0. The van der Waals surface area contributed by atoms with Crippen molar-refractivity contribution in [2.45, 2.75) is 19.0 Å². The Bertz CT molecular complexity index is 299. The maximum absolute atomic E-state index is 13.3. The van der Waals surface area contributed by atoms with Crippen LogP contribution in [0, 0.1) is 0 Å². The van der Waals surface area contributed by atoms with Gasteiger partial charge in [0.05, 0.1) is 0 Å². The van der Waals surface area contributed by atoms with Crippen LogP contribution in [0.1, 0.15) is 12.5 Å². The van der Waals surface area contributed by atoms with Crippen molar-refractivity contribution < 1.29 is 13.9 Å². The van der Waals surface area contributed by atoms with Gasteiger partial charge in [0.15, 0.2) is 0 Å². The second kappa shape index (κ2) is 3.72. The molecule has 0 fully saturated rings. The Morgan fingerprint density at radius 2 is 1.92 bits per heavy atom. The molecule has 1 unspecified atom stereocenters. The summed E-state index contributed by atoms with van der Waals surface area (Å²) in [5, 5.41) is 8.89. The molecule has 1 atom stereocenters. The summed E-state index contributed by atoms with van der Waals surface area (Å²) in [6.07, 6.45) is -1.69. The van der Waals surface area contributed by atoms with Crippen molar-refractivity contribution in [3.8, 4) is 0 Å². The van der Waals surface area contributed by atoms with Gasteiger partial charge in [-0.25, -0.2) is 0 Å². The summed E-state index contributed by atoms with van der Waals surface area (Å²) in [6.45, 7) is 1.07. The van der Waals surface area contributed by atoms with Gasteiger partial charge < -0.3 is 5.11 Å². The Labute approximate surface area is 83.5 Å². The Kier molecular flexibility index (Phi) is 3.03. The van der Waals surface area contributed by atoms with Crippen LogP contribution in [-0.2, 0) is 5.92 Å². The molecule has 1 N–H and O–H groups in total. The fourth-order valence-electron chi connectivity index (χ4n) is 0.957. The van der Waals surface area contributed by atoms with E-state index < -0.39 is 12.0 Å². The van der Waals surface area contributed by atoms with Gasteiger partial charge in [0.1, 0.15) is 6.10 Å². The van der Waals surface area contributed by atoms with Gasteiger partial charge in [-0.15, -0.1) is 0 Å². The SMILES string of the molecule is CC(O)C(F)(F)c1ccccc1Br. The molecule has 72 valence electrons. The summed E-state index contributed by atoms with van der Waals surface area (Å²) >= 11 is 3.01. The first-order chi connectivity index (χ1) is 5.96. The maximum Gasteiger partial charge on any atom is 0.299 e. The zero-order chi connectivity index (χ0) is 10.1. The van der Waals surface area contributed by atoms with Crippen molar-refractivity contribution in [3.63, 3.8) is 0 Å². The van der Waals surface area contributed by atoms with Gasteiger partial charge in [-0.2, -0.15) is 8.78 Å². The van der Waals surface area contributed by atoms with Gasteiger partial charge in [0.2, 0.25) is 0 Å². The first kappa shape index (κ1) is 10.6. The number of hydrogen-bond donors (Lipinski definition) is 1. The minimum atomic E-state index is -3.21. The van der Waals surface area contributed by atoms with Crippen LogP contribution >= 0.6 is 15.9 Å². The highest BCUT2D eigenvalue weighted by Gasteiger charge is 2.38. The van der Waals surface area contributed by atoms with Crippen LogP contribution in [-0.4, -0.2) is 11.2 Å². The summed E-state index contributed by atoms with van der Waals surface area (Å²) in [4.78, 5) is 0. The molecule has 1 nitrogen and oxygen atoms in total. The van der Waals surface area contributed by atoms with Gasteiger partial charge in [-0.1, -0.05) is 34.1 Å². The largest absolute Gasteiger partial charge is 0.387 e. The van der Waals surface area contributed by atoms with Crippen molar-refractivity contribution in [1.29, 1.82) is 0 Å². The molecule has 1 rings (SSSR count). The minimum absolute atomic E-state index is 0.190. The van der Waals surface area contributed by atoms with Crippen molar-refractivity contribution in [1.82, 2.24) is 0 Å². The number of aliphatic hydroxyl groups is 1. The average Bonchev–Trinajstić information content (AvgIpc) is 2.04. The summed E-state index contributed by atoms with van der Waals surface area (Å²) in [5.74, 6) is -3.21. The van der Waals surface area contributed by atoms with Crippen molar-refractivity contribution in [2.24, 2.45) is 0 Å². The molecule has 13 heavy (non-hydrogen) atoms. The van der Waals surface area contributed by atoms with Gasteiger partial charge in [0.25, 0.3) is 5.92 Å². The highest BCUT2D eigenvalue weighted by molar-refractivity contribution is 9.10. The third-order valence-electron chi connectivity index (χ3n) is 1.76. The zero-order valence-electron chi connectivity index (χ0n) is 6.97. The van der Waals surface area contributed by atoms with Crippen LogP contribution in [0.5, 0.6) is 0 Å². The van der Waals surface area contributed by atoms with Crippen LogP contribution < -0.4 is 0 Å². The Morgan fingerprint density at radius 3 is 2.38 bits per heavy atom. The maximum atomic E-state index is 13.3. The standard InChI is InChI=1S/C9H9BrF2O/c1-6(13)9(11,12)7-4-2-3-5-8(7)10/h2-6,13H,1H3. The zero-order valence-corrected chi connectivity index (χ0v) is 8.55. The van der Waals surface area contributed by atoms with Crippen LogP contribution in [0.3, 0.4) is 0 Å². The monoisotopic (exact) mass is 250 g/mol. The van der Waals surface area contributed by atoms with E-state index in [2.05, 4.69) is 15.9 Å². The normalized spacial score (nSPS) is 14.2. The van der Waals surface area contributed by atoms with Gasteiger partial charge in [-0.05, 0) is 13.0 Å².